The van der Waals surface area contributed by atoms with Gasteiger partial charge >= 0.3 is 19.8 Å². The summed E-state index contributed by atoms with van der Waals surface area (Å²) in [4.78, 5) is 22.6. The number of carbonyl (C=O) groups excluding carboxylic acids is 2. The molecule has 0 radical (unpaired) electrons. The van der Waals surface area contributed by atoms with Crippen molar-refractivity contribution in [2.24, 2.45) is 0 Å². The summed E-state index contributed by atoms with van der Waals surface area (Å²) in [5, 5.41) is 0. The number of carbonyl (C=O) groups is 2. The number of phosphoric ester groups is 1. The Bertz CT molecular complexity index is 478. The van der Waals surface area contributed by atoms with Gasteiger partial charge in [-0.05, 0) is 20.3 Å². The second-order valence-electron chi connectivity index (χ2n) is 5.26. The quantitative estimate of drug-likeness (QED) is 0.148. The highest BCUT2D eigenvalue weighted by molar-refractivity contribution is 7.48. The molecule has 0 aromatic heterocycles. The topological polar surface area (TPSA) is 97.4 Å². The van der Waals surface area contributed by atoms with Gasteiger partial charge < -0.3 is 9.47 Å². The van der Waals surface area contributed by atoms with Gasteiger partial charge in [-0.3, -0.25) is 4.52 Å². The lowest BCUT2D eigenvalue weighted by atomic mass is 10.2. The predicted octanol–water partition coefficient (Wildman–Crippen LogP) is 3.88. The Labute approximate surface area is 148 Å². The second kappa shape index (κ2) is 12.8. The molecule has 0 aliphatic carbocycles. The van der Waals surface area contributed by atoms with Crippen LogP contribution in [0.1, 0.15) is 46.5 Å². The van der Waals surface area contributed by atoms with E-state index in [1.165, 1.54) is 13.8 Å². The van der Waals surface area contributed by atoms with Crippen molar-refractivity contribution < 1.29 is 37.2 Å². The first-order valence-corrected chi connectivity index (χ1v) is 9.36. The minimum absolute atomic E-state index is 0.125. The number of phosphoric acid groups is 1. The van der Waals surface area contributed by atoms with Crippen LogP contribution in [0.5, 0.6) is 0 Å². The molecule has 0 saturated carbocycles. The molecular formula is C16H27O8P. The van der Waals surface area contributed by atoms with E-state index in [0.717, 1.165) is 19.3 Å². The molecule has 0 aliphatic rings. The van der Waals surface area contributed by atoms with Crippen molar-refractivity contribution in [2.45, 2.75) is 46.5 Å². The Balaban J connectivity index is 4.48. The van der Waals surface area contributed by atoms with E-state index >= 15 is 0 Å². The number of hydrogen-bond donors (Lipinski definition) is 0. The zero-order chi connectivity index (χ0) is 19.3. The fourth-order valence-electron chi connectivity index (χ4n) is 1.35. The number of hydrogen-bond acceptors (Lipinski definition) is 8. The fourth-order valence-corrected chi connectivity index (χ4v) is 2.29. The van der Waals surface area contributed by atoms with Crippen LogP contribution in [-0.4, -0.2) is 32.1 Å². The van der Waals surface area contributed by atoms with Crippen molar-refractivity contribution in [1.29, 1.82) is 0 Å². The monoisotopic (exact) mass is 378 g/mol. The normalized spacial score (nSPS) is 11.0. The first-order chi connectivity index (χ1) is 11.7. The number of esters is 2. The van der Waals surface area contributed by atoms with Crippen LogP contribution in [0.15, 0.2) is 24.3 Å². The highest BCUT2D eigenvalue weighted by Crippen LogP contribution is 2.49. The molecule has 8 nitrogen and oxygen atoms in total. The lowest BCUT2D eigenvalue weighted by molar-refractivity contribution is -0.149. The van der Waals surface area contributed by atoms with E-state index in [2.05, 4.69) is 20.1 Å². The van der Waals surface area contributed by atoms with Crippen molar-refractivity contribution in [3.63, 3.8) is 0 Å². The minimum Gasteiger partial charge on any atom is -0.435 e. The van der Waals surface area contributed by atoms with E-state index in [1.807, 2.05) is 0 Å². The number of rotatable bonds is 14. The maximum Gasteiger partial charge on any atom is 0.480 e. The van der Waals surface area contributed by atoms with Crippen LogP contribution in [0.3, 0.4) is 0 Å². The molecule has 0 aliphatic heterocycles. The number of ether oxygens (including phenoxy) is 2. The largest absolute Gasteiger partial charge is 0.480 e. The van der Waals surface area contributed by atoms with Gasteiger partial charge in [-0.1, -0.05) is 39.3 Å². The summed E-state index contributed by atoms with van der Waals surface area (Å²) < 4.78 is 36.8. The Kier molecular flexibility index (Phi) is 12.1. The van der Waals surface area contributed by atoms with Crippen molar-refractivity contribution in [1.82, 2.24) is 0 Å². The van der Waals surface area contributed by atoms with E-state index in [0.29, 0.717) is 6.42 Å². The molecule has 144 valence electrons. The van der Waals surface area contributed by atoms with Crippen LogP contribution in [0.2, 0.25) is 0 Å². The van der Waals surface area contributed by atoms with Crippen molar-refractivity contribution >= 4 is 19.8 Å². The Morgan fingerprint density at radius 3 is 1.72 bits per heavy atom. The average molecular weight is 378 g/mol. The lowest BCUT2D eigenvalue weighted by Crippen LogP contribution is -2.13. The van der Waals surface area contributed by atoms with E-state index in [4.69, 9.17) is 23.0 Å². The van der Waals surface area contributed by atoms with Gasteiger partial charge in [-0.15, -0.1) is 0 Å². The minimum atomic E-state index is -4.05. The molecule has 25 heavy (non-hydrogen) atoms. The van der Waals surface area contributed by atoms with E-state index in [-0.39, 0.29) is 17.8 Å². The fraction of sp³-hybridized carbons (Fsp3) is 0.625. The molecule has 0 atom stereocenters. The van der Waals surface area contributed by atoms with Crippen LogP contribution in [0.4, 0.5) is 0 Å². The summed E-state index contributed by atoms with van der Waals surface area (Å²) in [5.41, 5.74) is 0.324. The molecule has 0 fully saturated rings. The molecule has 9 heteroatoms. The lowest BCUT2D eigenvalue weighted by Gasteiger charge is -2.18. The molecule has 0 amide bonds. The highest BCUT2D eigenvalue weighted by Gasteiger charge is 2.28. The molecular weight excluding hydrogens is 351 g/mol. The van der Waals surface area contributed by atoms with Gasteiger partial charge in [0, 0.05) is 11.1 Å². The maximum absolute atomic E-state index is 12.5. The summed E-state index contributed by atoms with van der Waals surface area (Å²) in [6, 6.07) is 0. The molecule has 0 saturated heterocycles. The third-order valence-electron chi connectivity index (χ3n) is 2.75. The van der Waals surface area contributed by atoms with Crippen LogP contribution < -0.4 is 0 Å². The Morgan fingerprint density at radius 1 is 0.840 bits per heavy atom. The number of unbranched alkanes of at least 4 members (excludes halogenated alkanes) is 3. The maximum atomic E-state index is 12.5. The van der Waals surface area contributed by atoms with E-state index in [9.17, 15) is 14.2 Å². The molecule has 0 unspecified atom stereocenters. The van der Waals surface area contributed by atoms with Gasteiger partial charge in [0.2, 0.25) is 13.6 Å². The molecule has 0 aromatic carbocycles. The molecule has 0 N–H and O–H groups in total. The Morgan fingerprint density at radius 2 is 1.32 bits per heavy atom. The van der Waals surface area contributed by atoms with Gasteiger partial charge in [-0.2, -0.15) is 0 Å². The smallest absolute Gasteiger partial charge is 0.435 e. The van der Waals surface area contributed by atoms with Gasteiger partial charge in [-0.25, -0.2) is 23.2 Å². The summed E-state index contributed by atoms with van der Waals surface area (Å²) in [7, 11) is -4.05. The van der Waals surface area contributed by atoms with Crippen LogP contribution in [0, 0.1) is 0 Å². The van der Waals surface area contributed by atoms with Gasteiger partial charge in [0.25, 0.3) is 0 Å². The predicted molar refractivity (Wildman–Crippen MR) is 91.4 cm³/mol. The third-order valence-corrected chi connectivity index (χ3v) is 4.09. The average Bonchev–Trinajstić information content (AvgIpc) is 2.54. The van der Waals surface area contributed by atoms with Gasteiger partial charge in [0.1, 0.15) is 0 Å². The summed E-state index contributed by atoms with van der Waals surface area (Å²) in [6.45, 7) is 10.6. The van der Waals surface area contributed by atoms with Crippen LogP contribution in [-0.2, 0) is 37.2 Å². The summed E-state index contributed by atoms with van der Waals surface area (Å²) in [5.74, 6) is -1.41. The Hall–Kier alpha value is -1.47. The SMILES string of the molecule is C=C(C)C(=O)OCOP(=O)(OCCCCCC)OCOC(=O)C(=C)C. The molecule has 0 rings (SSSR count). The second-order valence-corrected chi connectivity index (χ2v) is 6.93. The van der Waals surface area contributed by atoms with Crippen LogP contribution >= 0.6 is 7.82 Å². The summed E-state index contributed by atoms with van der Waals surface area (Å²) in [6.07, 6.45) is 3.60. The van der Waals surface area contributed by atoms with Crippen LogP contribution in [0.25, 0.3) is 0 Å². The molecule has 0 aromatic rings. The molecule has 0 bridgehead atoms. The zero-order valence-electron chi connectivity index (χ0n) is 15.1. The summed E-state index contributed by atoms with van der Waals surface area (Å²) >= 11 is 0. The van der Waals surface area contributed by atoms with E-state index < -0.39 is 33.3 Å². The first-order valence-electron chi connectivity index (χ1n) is 7.90. The van der Waals surface area contributed by atoms with Crippen molar-refractivity contribution in [3.05, 3.63) is 24.3 Å². The standard InChI is InChI=1S/C16H27O8P/c1-6-7-8-9-10-22-25(19,23-11-20-15(17)13(2)3)24-12-21-16(18)14(4)5/h2,4,6-12H2,1,3,5H3. The molecule has 0 heterocycles. The van der Waals surface area contributed by atoms with Crippen molar-refractivity contribution in [2.75, 3.05) is 20.2 Å². The highest BCUT2D eigenvalue weighted by atomic mass is 31.2. The first kappa shape index (κ1) is 23.5. The van der Waals surface area contributed by atoms with Gasteiger partial charge in [0.05, 0.1) is 6.61 Å². The van der Waals surface area contributed by atoms with E-state index in [1.54, 1.807) is 0 Å². The van der Waals surface area contributed by atoms with Gasteiger partial charge in [0.15, 0.2) is 0 Å². The third kappa shape index (κ3) is 11.7. The van der Waals surface area contributed by atoms with Crippen molar-refractivity contribution in [3.8, 4) is 0 Å². The zero-order valence-corrected chi connectivity index (χ0v) is 16.0. The molecule has 0 spiro atoms.